The first kappa shape index (κ1) is 33.0. The molecule has 0 spiro atoms. The minimum absolute atomic E-state index is 0.0305. The fraction of sp³-hybridized carbons (Fsp3) is 0.500. The minimum Gasteiger partial charge on any atom is -0.496 e. The van der Waals surface area contributed by atoms with Gasteiger partial charge >= 0.3 is 16.1 Å². The van der Waals surface area contributed by atoms with Crippen LogP contribution in [0.5, 0.6) is 23.0 Å². The van der Waals surface area contributed by atoms with Gasteiger partial charge in [0, 0.05) is 25.2 Å². The topological polar surface area (TPSA) is 107 Å². The van der Waals surface area contributed by atoms with Crippen molar-refractivity contribution in [1.29, 1.82) is 0 Å². The maximum absolute atomic E-state index is 12.1. The zero-order valence-corrected chi connectivity index (χ0v) is 24.8. The van der Waals surface area contributed by atoms with Crippen molar-refractivity contribution in [3.05, 3.63) is 53.6 Å². The maximum atomic E-state index is 12.1. The molecule has 0 saturated heterocycles. The van der Waals surface area contributed by atoms with Gasteiger partial charge in [0.1, 0.15) is 18.1 Å². The number of ether oxygens (including phenoxy) is 5. The van der Waals surface area contributed by atoms with E-state index in [0.717, 1.165) is 30.4 Å². The maximum Gasteiger partial charge on any atom is 0.330 e. The predicted molar refractivity (Wildman–Crippen MR) is 155 cm³/mol. The summed E-state index contributed by atoms with van der Waals surface area (Å²) in [6.07, 6.45) is 6.73. The molecule has 0 heterocycles. The molecule has 0 atom stereocenters. The van der Waals surface area contributed by atoms with E-state index in [1.165, 1.54) is 13.2 Å². The number of benzene rings is 2. The minimum atomic E-state index is -3.65. The Labute approximate surface area is 238 Å². The van der Waals surface area contributed by atoms with Crippen LogP contribution >= 0.6 is 0 Å². The summed E-state index contributed by atoms with van der Waals surface area (Å²) >= 11 is 0. The quantitative estimate of drug-likeness (QED) is 0.0859. The van der Waals surface area contributed by atoms with Crippen LogP contribution in [0.25, 0.3) is 6.08 Å². The number of carbonyl (C=O) groups is 1. The fourth-order valence-corrected chi connectivity index (χ4v) is 4.63. The van der Waals surface area contributed by atoms with Crippen molar-refractivity contribution in [2.24, 2.45) is 0 Å². The first-order valence-electron chi connectivity index (χ1n) is 13.7. The normalized spacial score (nSPS) is 11.4. The summed E-state index contributed by atoms with van der Waals surface area (Å²) in [7, 11) is -2.13. The molecule has 0 amide bonds. The van der Waals surface area contributed by atoms with Gasteiger partial charge < -0.3 is 27.9 Å². The van der Waals surface area contributed by atoms with Crippen LogP contribution in [0.1, 0.15) is 57.6 Å². The Bertz CT molecular complexity index is 1180. The number of rotatable bonds is 20. The molecule has 40 heavy (non-hydrogen) atoms. The second-order valence-corrected chi connectivity index (χ2v) is 10.6. The molecule has 0 aliphatic heterocycles. The van der Waals surface area contributed by atoms with E-state index in [4.69, 9.17) is 27.9 Å². The highest BCUT2D eigenvalue weighted by atomic mass is 32.2. The molecule has 2 rings (SSSR count). The van der Waals surface area contributed by atoms with E-state index in [0.29, 0.717) is 56.5 Å². The molecule has 0 aliphatic rings. The molecule has 0 saturated carbocycles. The number of esters is 1. The van der Waals surface area contributed by atoms with Crippen LogP contribution in [0.15, 0.2) is 42.5 Å². The lowest BCUT2D eigenvalue weighted by atomic mass is 10.1. The Morgan fingerprint density at radius 1 is 0.850 bits per heavy atom. The Morgan fingerprint density at radius 2 is 1.62 bits per heavy atom. The van der Waals surface area contributed by atoms with Gasteiger partial charge in [0.25, 0.3) is 0 Å². The molecular formula is C30H42O9S. The van der Waals surface area contributed by atoms with Crippen LogP contribution < -0.4 is 18.4 Å². The third-order valence-corrected chi connectivity index (χ3v) is 6.90. The SMILES string of the molecule is CCCCOc1cc(/C=C\C(=O)OCCOCC)ccc1OCCc1ccc(OS(=O)(=O)CCCC)cc1OC. The number of carbonyl (C=O) groups excluding carboxylic acids is 1. The number of hydrogen-bond acceptors (Lipinski definition) is 9. The van der Waals surface area contributed by atoms with Gasteiger partial charge in [0.15, 0.2) is 11.5 Å². The molecule has 0 unspecified atom stereocenters. The second-order valence-electron chi connectivity index (χ2n) is 8.88. The molecule has 0 radical (unpaired) electrons. The van der Waals surface area contributed by atoms with Crippen molar-refractivity contribution in [2.45, 2.75) is 52.9 Å². The summed E-state index contributed by atoms with van der Waals surface area (Å²) in [4.78, 5) is 11.9. The van der Waals surface area contributed by atoms with E-state index in [9.17, 15) is 13.2 Å². The third kappa shape index (κ3) is 12.3. The van der Waals surface area contributed by atoms with Gasteiger partial charge in [-0.1, -0.05) is 38.8 Å². The summed E-state index contributed by atoms with van der Waals surface area (Å²) in [5.41, 5.74) is 1.61. The lowest BCUT2D eigenvalue weighted by Crippen LogP contribution is -2.13. The Morgan fingerprint density at radius 3 is 2.35 bits per heavy atom. The van der Waals surface area contributed by atoms with Crippen LogP contribution in [0.3, 0.4) is 0 Å². The summed E-state index contributed by atoms with van der Waals surface area (Å²) in [5, 5.41) is 0. The van der Waals surface area contributed by atoms with Gasteiger partial charge in [-0.25, -0.2) is 4.79 Å². The fourth-order valence-electron chi connectivity index (χ4n) is 3.51. The highest BCUT2D eigenvalue weighted by Gasteiger charge is 2.15. The van der Waals surface area contributed by atoms with Crippen molar-refractivity contribution < 1.29 is 41.1 Å². The molecule has 2 aromatic rings. The highest BCUT2D eigenvalue weighted by Crippen LogP contribution is 2.31. The van der Waals surface area contributed by atoms with Crippen LogP contribution in [0.2, 0.25) is 0 Å². The van der Waals surface area contributed by atoms with Crippen molar-refractivity contribution in [3.8, 4) is 23.0 Å². The molecule has 2 aromatic carbocycles. The second kappa shape index (κ2) is 18.2. The highest BCUT2D eigenvalue weighted by molar-refractivity contribution is 7.87. The number of methoxy groups -OCH3 is 1. The molecule has 222 valence electrons. The van der Waals surface area contributed by atoms with E-state index < -0.39 is 16.1 Å². The zero-order valence-electron chi connectivity index (χ0n) is 24.0. The van der Waals surface area contributed by atoms with E-state index in [2.05, 4.69) is 6.92 Å². The summed E-state index contributed by atoms with van der Waals surface area (Å²) < 4.78 is 57.2. The largest absolute Gasteiger partial charge is 0.496 e. The lowest BCUT2D eigenvalue weighted by molar-refractivity contribution is -0.139. The first-order valence-corrected chi connectivity index (χ1v) is 15.3. The monoisotopic (exact) mass is 578 g/mol. The molecule has 0 N–H and O–H groups in total. The van der Waals surface area contributed by atoms with Gasteiger partial charge in [0.2, 0.25) is 0 Å². The van der Waals surface area contributed by atoms with Gasteiger partial charge in [-0.05, 0) is 55.2 Å². The Balaban J connectivity index is 2.04. The number of unbranched alkanes of at least 4 members (excludes halogenated alkanes) is 2. The average Bonchev–Trinajstić information content (AvgIpc) is 2.94. The van der Waals surface area contributed by atoms with Crippen molar-refractivity contribution in [2.75, 3.05) is 45.9 Å². The smallest absolute Gasteiger partial charge is 0.330 e. The van der Waals surface area contributed by atoms with Crippen LogP contribution in [-0.4, -0.2) is 60.3 Å². The summed E-state index contributed by atoms with van der Waals surface area (Å²) in [6.45, 7) is 7.89. The molecular weight excluding hydrogens is 536 g/mol. The first-order chi connectivity index (χ1) is 19.3. The van der Waals surface area contributed by atoms with Gasteiger partial charge in [-0.2, -0.15) is 8.42 Å². The standard InChI is InChI=1S/C30H42O9S/c1-5-8-17-36-29-22-24(11-15-30(31)38-20-19-35-7-3)10-14-27(29)37-18-16-25-12-13-26(23-28(25)34-4)39-40(32,33)21-9-6-2/h10-15,22-23H,5-9,16-21H2,1-4H3/b15-11-. The van der Waals surface area contributed by atoms with Crippen molar-refractivity contribution in [3.63, 3.8) is 0 Å². The lowest BCUT2D eigenvalue weighted by Gasteiger charge is -2.15. The zero-order chi connectivity index (χ0) is 29.2. The molecule has 0 fully saturated rings. The molecule has 0 aliphatic carbocycles. The van der Waals surface area contributed by atoms with Gasteiger partial charge in [-0.15, -0.1) is 0 Å². The third-order valence-electron chi connectivity index (χ3n) is 5.67. The van der Waals surface area contributed by atoms with E-state index >= 15 is 0 Å². The van der Waals surface area contributed by atoms with Gasteiger partial charge in [-0.3, -0.25) is 0 Å². The molecule has 10 heteroatoms. The molecule has 0 aromatic heterocycles. The average molecular weight is 579 g/mol. The Hall–Kier alpha value is -3.24. The van der Waals surface area contributed by atoms with Crippen LogP contribution in [-0.2, 0) is 30.8 Å². The molecule has 9 nitrogen and oxygen atoms in total. The Kier molecular flexibility index (Phi) is 15.0. The van der Waals surface area contributed by atoms with E-state index in [1.54, 1.807) is 30.3 Å². The van der Waals surface area contributed by atoms with Crippen LogP contribution in [0.4, 0.5) is 0 Å². The van der Waals surface area contributed by atoms with Crippen LogP contribution in [0, 0.1) is 0 Å². The van der Waals surface area contributed by atoms with Crippen molar-refractivity contribution >= 4 is 22.2 Å². The molecule has 0 bridgehead atoms. The summed E-state index contributed by atoms with van der Waals surface area (Å²) in [6, 6.07) is 10.4. The van der Waals surface area contributed by atoms with E-state index in [-0.39, 0.29) is 18.1 Å². The van der Waals surface area contributed by atoms with E-state index in [1.807, 2.05) is 26.0 Å². The van der Waals surface area contributed by atoms with Gasteiger partial charge in [0.05, 0.1) is 32.7 Å². The predicted octanol–water partition coefficient (Wildman–Crippen LogP) is 5.60. The number of hydrogen-bond donors (Lipinski definition) is 0. The summed E-state index contributed by atoms with van der Waals surface area (Å²) in [5.74, 6) is 1.40. The van der Waals surface area contributed by atoms with Crippen molar-refractivity contribution in [1.82, 2.24) is 0 Å².